The lowest BCUT2D eigenvalue weighted by Crippen LogP contribution is -2.39. The van der Waals surface area contributed by atoms with Crippen LogP contribution in [0, 0.1) is 0 Å². The van der Waals surface area contributed by atoms with Crippen LogP contribution < -0.4 is 19.6 Å². The van der Waals surface area contributed by atoms with Crippen LogP contribution in [0.4, 0.5) is 0 Å². The van der Waals surface area contributed by atoms with Crippen molar-refractivity contribution in [1.82, 2.24) is 4.57 Å². The Bertz CT molecular complexity index is 1430. The van der Waals surface area contributed by atoms with Gasteiger partial charge in [0.05, 0.1) is 28.5 Å². The molecule has 0 aliphatic carbocycles. The van der Waals surface area contributed by atoms with E-state index in [4.69, 9.17) is 9.47 Å². The molecule has 0 spiro atoms. The summed E-state index contributed by atoms with van der Waals surface area (Å²) >= 11 is 4.74. The molecule has 2 heterocycles. The predicted molar refractivity (Wildman–Crippen MR) is 137 cm³/mol. The van der Waals surface area contributed by atoms with E-state index in [0.717, 1.165) is 21.3 Å². The predicted octanol–water partition coefficient (Wildman–Crippen LogP) is 4.13. The molecule has 1 aliphatic rings. The quantitative estimate of drug-likeness (QED) is 0.335. The lowest BCUT2D eigenvalue weighted by Gasteiger charge is -2.24. The summed E-state index contributed by atoms with van der Waals surface area (Å²) < 4.78 is 13.9. The van der Waals surface area contributed by atoms with Crippen LogP contribution in [0.25, 0.3) is 6.08 Å². The number of carbonyl (C=O) groups is 1. The molecule has 174 valence electrons. The van der Waals surface area contributed by atoms with Gasteiger partial charge >= 0.3 is 5.97 Å². The average Bonchev–Trinajstić information content (AvgIpc) is 3.12. The molecule has 0 bridgehead atoms. The minimum Gasteiger partial charge on any atom is -0.490 e. The van der Waals surface area contributed by atoms with Crippen LogP contribution in [0.2, 0.25) is 0 Å². The maximum atomic E-state index is 13.6. The number of thiazole rings is 1. The highest BCUT2D eigenvalue weighted by molar-refractivity contribution is 9.10. The summed E-state index contributed by atoms with van der Waals surface area (Å²) in [6.45, 7) is 7.84. The summed E-state index contributed by atoms with van der Waals surface area (Å²) in [6.07, 6.45) is 3.51. The summed E-state index contributed by atoms with van der Waals surface area (Å²) in [5.74, 6) is 0.254. The van der Waals surface area contributed by atoms with Crippen molar-refractivity contribution in [1.29, 1.82) is 0 Å². The largest absolute Gasteiger partial charge is 0.490 e. The highest BCUT2D eigenvalue weighted by Gasteiger charge is 2.33. The number of fused-ring (bicyclic) bond motifs is 1. The normalized spacial score (nSPS) is 15.5. The first-order chi connectivity index (χ1) is 16.4. The number of hydrogen-bond donors (Lipinski definition) is 0. The van der Waals surface area contributed by atoms with Crippen LogP contribution in [-0.2, 0) is 9.53 Å². The zero-order valence-corrected chi connectivity index (χ0v) is 21.2. The summed E-state index contributed by atoms with van der Waals surface area (Å²) in [6, 6.07) is 14.4. The number of rotatable bonds is 7. The Kier molecular flexibility index (Phi) is 7.29. The molecule has 6 nitrogen and oxygen atoms in total. The Morgan fingerprint density at radius 2 is 1.91 bits per heavy atom. The lowest BCUT2D eigenvalue weighted by atomic mass is 9.96. The molecule has 0 amide bonds. The minimum absolute atomic E-state index is 0.210. The van der Waals surface area contributed by atoms with Crippen molar-refractivity contribution >= 4 is 39.3 Å². The molecular weight excluding hydrogens is 516 g/mol. The zero-order chi connectivity index (χ0) is 24.2. The Hall–Kier alpha value is -3.23. The molecule has 0 fully saturated rings. The van der Waals surface area contributed by atoms with Crippen molar-refractivity contribution in [3.8, 4) is 5.75 Å². The number of carbonyl (C=O) groups excluding carboxylic acids is 1. The molecule has 1 atom stereocenters. The SMILES string of the molecule is C=CCOc1ccc(/C=c2\sc3n(c2=O)[C@@H](c2ccc(Br)cc2)C(C(=O)OCC)=C(C)N=3)cc1. The van der Waals surface area contributed by atoms with Crippen LogP contribution in [0.15, 0.2) is 86.7 Å². The van der Waals surface area contributed by atoms with Gasteiger partial charge in [-0.3, -0.25) is 9.36 Å². The number of nitrogens with zero attached hydrogens (tertiary/aromatic N) is 2. The van der Waals surface area contributed by atoms with E-state index >= 15 is 0 Å². The first kappa shape index (κ1) is 23.9. The molecule has 0 saturated heterocycles. The standard InChI is InChI=1S/C26H23BrN2O4S/c1-4-14-33-20-12-6-17(7-13-20)15-21-24(30)29-23(18-8-10-19(27)11-9-18)22(25(31)32-5-2)16(3)28-26(29)34-21/h4,6-13,15,23H,1,5,14H2,2-3H3/b21-15-/t23-/m0/s1. The molecule has 0 unspecified atom stereocenters. The van der Waals surface area contributed by atoms with Crippen LogP contribution in [0.5, 0.6) is 5.75 Å². The van der Waals surface area contributed by atoms with Gasteiger partial charge < -0.3 is 9.47 Å². The summed E-state index contributed by atoms with van der Waals surface area (Å²) in [4.78, 5) is 31.6. The molecule has 3 aromatic rings. The van der Waals surface area contributed by atoms with E-state index < -0.39 is 12.0 Å². The summed E-state index contributed by atoms with van der Waals surface area (Å²) in [5, 5.41) is 0. The molecule has 0 radical (unpaired) electrons. The van der Waals surface area contributed by atoms with Gasteiger partial charge in [0.2, 0.25) is 0 Å². The molecule has 4 rings (SSSR count). The second kappa shape index (κ2) is 10.4. The molecule has 1 aromatic heterocycles. The lowest BCUT2D eigenvalue weighted by molar-refractivity contribution is -0.139. The molecule has 8 heteroatoms. The van der Waals surface area contributed by atoms with Gasteiger partial charge in [-0.05, 0) is 55.3 Å². The van der Waals surface area contributed by atoms with Crippen molar-refractivity contribution in [2.24, 2.45) is 4.99 Å². The molecule has 2 aromatic carbocycles. The third-order valence-corrected chi connectivity index (χ3v) is 6.76. The smallest absolute Gasteiger partial charge is 0.338 e. The Labute approximate surface area is 209 Å². The van der Waals surface area contributed by atoms with E-state index in [1.807, 2.05) is 54.6 Å². The summed E-state index contributed by atoms with van der Waals surface area (Å²) in [5.41, 5.74) is 2.36. The van der Waals surface area contributed by atoms with E-state index in [9.17, 15) is 9.59 Å². The number of ether oxygens (including phenoxy) is 2. The average molecular weight is 539 g/mol. The van der Waals surface area contributed by atoms with E-state index in [2.05, 4.69) is 27.5 Å². The zero-order valence-electron chi connectivity index (χ0n) is 18.8. The first-order valence-electron chi connectivity index (χ1n) is 10.7. The van der Waals surface area contributed by atoms with E-state index in [0.29, 0.717) is 27.2 Å². The molecular formula is C26H23BrN2O4S. The molecule has 0 saturated carbocycles. The van der Waals surface area contributed by atoms with Gasteiger partial charge in [-0.15, -0.1) is 0 Å². The maximum absolute atomic E-state index is 13.6. The third kappa shape index (κ3) is 4.83. The van der Waals surface area contributed by atoms with Crippen LogP contribution >= 0.6 is 27.3 Å². The van der Waals surface area contributed by atoms with Gasteiger partial charge in [0.1, 0.15) is 12.4 Å². The van der Waals surface area contributed by atoms with Crippen molar-refractivity contribution in [2.45, 2.75) is 19.9 Å². The Morgan fingerprint density at radius 1 is 1.21 bits per heavy atom. The molecule has 0 N–H and O–H groups in total. The number of esters is 1. The number of allylic oxidation sites excluding steroid dienone is 1. The number of benzene rings is 2. The fourth-order valence-corrected chi connectivity index (χ4v) is 5.03. The van der Waals surface area contributed by atoms with Crippen molar-refractivity contribution < 1.29 is 14.3 Å². The van der Waals surface area contributed by atoms with Crippen LogP contribution in [0.3, 0.4) is 0 Å². The van der Waals surface area contributed by atoms with E-state index in [1.165, 1.54) is 11.3 Å². The summed E-state index contributed by atoms with van der Waals surface area (Å²) in [7, 11) is 0. The number of hydrogen-bond acceptors (Lipinski definition) is 6. The number of halogens is 1. The van der Waals surface area contributed by atoms with Crippen molar-refractivity contribution in [3.63, 3.8) is 0 Å². The highest BCUT2D eigenvalue weighted by Crippen LogP contribution is 2.31. The van der Waals surface area contributed by atoms with Gasteiger partial charge in [-0.2, -0.15) is 0 Å². The van der Waals surface area contributed by atoms with Gasteiger partial charge in [-0.1, -0.05) is 64.2 Å². The second-order valence-corrected chi connectivity index (χ2v) is 9.45. The Morgan fingerprint density at radius 3 is 2.56 bits per heavy atom. The monoisotopic (exact) mass is 538 g/mol. The van der Waals surface area contributed by atoms with Crippen molar-refractivity contribution in [2.75, 3.05) is 13.2 Å². The third-order valence-electron chi connectivity index (χ3n) is 5.25. The topological polar surface area (TPSA) is 69.9 Å². The second-order valence-electron chi connectivity index (χ2n) is 7.52. The first-order valence-corrected chi connectivity index (χ1v) is 12.3. The van der Waals surface area contributed by atoms with Gasteiger partial charge in [-0.25, -0.2) is 9.79 Å². The molecule has 34 heavy (non-hydrogen) atoms. The van der Waals surface area contributed by atoms with E-state index in [1.54, 1.807) is 24.5 Å². The van der Waals surface area contributed by atoms with E-state index in [-0.39, 0.29) is 12.2 Å². The number of aromatic nitrogens is 1. The van der Waals surface area contributed by atoms with Crippen LogP contribution in [-0.4, -0.2) is 23.8 Å². The minimum atomic E-state index is -0.625. The van der Waals surface area contributed by atoms with Gasteiger partial charge in [0.25, 0.3) is 5.56 Å². The Balaban J connectivity index is 1.84. The fraction of sp³-hybridized carbons (Fsp3) is 0.192. The van der Waals surface area contributed by atoms with Crippen molar-refractivity contribution in [3.05, 3.63) is 108 Å². The molecule has 1 aliphatic heterocycles. The van der Waals surface area contributed by atoms with Crippen LogP contribution in [0.1, 0.15) is 31.0 Å². The van der Waals surface area contributed by atoms with Gasteiger partial charge in [0.15, 0.2) is 4.80 Å². The fourth-order valence-electron chi connectivity index (χ4n) is 3.72. The highest BCUT2D eigenvalue weighted by atomic mass is 79.9. The van der Waals surface area contributed by atoms with Gasteiger partial charge in [0, 0.05) is 4.47 Å². The maximum Gasteiger partial charge on any atom is 0.338 e.